The van der Waals surface area contributed by atoms with Crippen LogP contribution in [-0.2, 0) is 9.59 Å². The molecule has 1 N–H and O–H groups in total. The SMILES string of the molecule is O=C(O)C1S[C@@H]2CC(=O)N2C=C1S. The zero-order valence-electron chi connectivity index (χ0n) is 6.51. The predicted octanol–water partition coefficient (Wildman–Crippen LogP) is 0.516. The van der Waals surface area contributed by atoms with Crippen molar-refractivity contribution in [1.29, 1.82) is 0 Å². The van der Waals surface area contributed by atoms with E-state index >= 15 is 0 Å². The molecular formula is C7H7NO3S2. The van der Waals surface area contributed by atoms with Gasteiger partial charge < -0.3 is 10.0 Å². The van der Waals surface area contributed by atoms with Crippen LogP contribution in [0.2, 0.25) is 0 Å². The molecule has 0 aromatic carbocycles. The molecule has 0 spiro atoms. The minimum absolute atomic E-state index is 0.00417. The number of hydrogen-bond acceptors (Lipinski definition) is 4. The third kappa shape index (κ3) is 1.34. The average molecular weight is 217 g/mol. The summed E-state index contributed by atoms with van der Waals surface area (Å²) < 4.78 is 0. The molecule has 1 amide bonds. The van der Waals surface area contributed by atoms with Crippen LogP contribution in [0.5, 0.6) is 0 Å². The van der Waals surface area contributed by atoms with Crippen LogP contribution in [0, 0.1) is 0 Å². The van der Waals surface area contributed by atoms with Crippen molar-refractivity contribution in [2.24, 2.45) is 0 Å². The molecule has 1 fully saturated rings. The van der Waals surface area contributed by atoms with Crippen LogP contribution in [0.1, 0.15) is 6.42 Å². The zero-order chi connectivity index (χ0) is 9.59. The van der Waals surface area contributed by atoms with E-state index in [2.05, 4.69) is 12.6 Å². The minimum Gasteiger partial charge on any atom is -0.480 e. The number of carbonyl (C=O) groups excluding carboxylic acids is 1. The normalized spacial score (nSPS) is 31.9. The van der Waals surface area contributed by atoms with Crippen LogP contribution >= 0.6 is 24.4 Å². The van der Waals surface area contributed by atoms with Gasteiger partial charge in [0.25, 0.3) is 0 Å². The molecule has 1 saturated heterocycles. The maximum atomic E-state index is 11.0. The number of nitrogens with zero attached hydrogens (tertiary/aromatic N) is 1. The quantitative estimate of drug-likeness (QED) is 0.496. The van der Waals surface area contributed by atoms with Gasteiger partial charge in [0.15, 0.2) is 0 Å². The van der Waals surface area contributed by atoms with E-state index in [0.29, 0.717) is 11.3 Å². The van der Waals surface area contributed by atoms with Crippen molar-refractivity contribution >= 4 is 36.3 Å². The first-order valence-electron chi connectivity index (χ1n) is 3.69. The molecule has 0 aromatic heterocycles. The number of thiol groups is 1. The second-order valence-corrected chi connectivity index (χ2v) is 4.67. The highest BCUT2D eigenvalue weighted by Crippen LogP contribution is 2.41. The van der Waals surface area contributed by atoms with Crippen molar-refractivity contribution in [3.63, 3.8) is 0 Å². The Kier molecular flexibility index (Phi) is 2.03. The Balaban J connectivity index is 2.21. The smallest absolute Gasteiger partial charge is 0.321 e. The summed E-state index contributed by atoms with van der Waals surface area (Å²) in [4.78, 5) is 23.6. The molecule has 70 valence electrons. The third-order valence-electron chi connectivity index (χ3n) is 2.00. The van der Waals surface area contributed by atoms with Gasteiger partial charge in [-0.1, -0.05) is 0 Å². The van der Waals surface area contributed by atoms with Gasteiger partial charge in [-0.25, -0.2) is 0 Å². The molecule has 13 heavy (non-hydrogen) atoms. The van der Waals surface area contributed by atoms with Gasteiger partial charge in [0.05, 0.1) is 11.8 Å². The van der Waals surface area contributed by atoms with Crippen molar-refractivity contribution < 1.29 is 14.7 Å². The highest BCUT2D eigenvalue weighted by molar-refractivity contribution is 8.02. The molecule has 2 rings (SSSR count). The second-order valence-electron chi connectivity index (χ2n) is 2.87. The largest absolute Gasteiger partial charge is 0.480 e. The minimum atomic E-state index is -0.898. The molecule has 2 atom stereocenters. The molecule has 2 heterocycles. The summed E-state index contributed by atoms with van der Waals surface area (Å²) in [5.41, 5.74) is 0. The Labute approximate surface area is 84.4 Å². The first-order chi connectivity index (χ1) is 6.09. The Bertz CT molecular complexity index is 315. The summed E-state index contributed by atoms with van der Waals surface area (Å²) in [6, 6.07) is 0. The number of aliphatic carboxylic acids is 1. The van der Waals surface area contributed by atoms with Crippen molar-refractivity contribution in [2.45, 2.75) is 17.0 Å². The lowest BCUT2D eigenvalue weighted by molar-refractivity contribution is -0.139. The van der Waals surface area contributed by atoms with Crippen LogP contribution < -0.4 is 0 Å². The highest BCUT2D eigenvalue weighted by atomic mass is 32.2. The van der Waals surface area contributed by atoms with Crippen molar-refractivity contribution in [3.8, 4) is 0 Å². The number of thioether (sulfide) groups is 1. The Morgan fingerprint density at radius 1 is 1.77 bits per heavy atom. The number of rotatable bonds is 1. The number of carboxylic acids is 1. The lowest BCUT2D eigenvalue weighted by Gasteiger charge is -2.42. The zero-order valence-corrected chi connectivity index (χ0v) is 8.22. The van der Waals surface area contributed by atoms with Gasteiger partial charge in [0, 0.05) is 11.1 Å². The van der Waals surface area contributed by atoms with Crippen molar-refractivity contribution in [3.05, 3.63) is 11.1 Å². The van der Waals surface area contributed by atoms with Crippen molar-refractivity contribution in [1.82, 2.24) is 4.90 Å². The van der Waals surface area contributed by atoms with E-state index in [4.69, 9.17) is 5.11 Å². The fourth-order valence-corrected chi connectivity index (χ4v) is 2.89. The van der Waals surface area contributed by atoms with Gasteiger partial charge in [-0.2, -0.15) is 0 Å². The fraction of sp³-hybridized carbons (Fsp3) is 0.429. The Morgan fingerprint density at radius 2 is 2.46 bits per heavy atom. The Morgan fingerprint density at radius 3 is 3.00 bits per heavy atom. The number of amides is 1. The van der Waals surface area contributed by atoms with E-state index in [1.54, 1.807) is 0 Å². The van der Waals surface area contributed by atoms with Gasteiger partial charge in [-0.3, -0.25) is 9.59 Å². The first kappa shape index (κ1) is 8.96. The number of carbonyl (C=O) groups is 2. The lowest BCUT2D eigenvalue weighted by atomic mass is 10.2. The molecule has 2 aliphatic rings. The molecule has 2 aliphatic heterocycles. The average Bonchev–Trinajstić information content (AvgIpc) is 2.06. The summed E-state index contributed by atoms with van der Waals surface area (Å²) in [6.45, 7) is 0. The first-order valence-corrected chi connectivity index (χ1v) is 5.08. The van der Waals surface area contributed by atoms with E-state index in [9.17, 15) is 9.59 Å². The molecule has 0 saturated carbocycles. The molecular weight excluding hydrogens is 210 g/mol. The van der Waals surface area contributed by atoms with Gasteiger partial charge in [0.2, 0.25) is 5.91 Å². The van der Waals surface area contributed by atoms with Gasteiger partial charge in [0.1, 0.15) is 5.25 Å². The maximum absolute atomic E-state index is 11.0. The molecule has 0 aliphatic carbocycles. The number of carboxylic acid groups (broad SMARTS) is 1. The van der Waals surface area contributed by atoms with Crippen LogP contribution in [0.3, 0.4) is 0 Å². The third-order valence-corrected chi connectivity index (χ3v) is 3.99. The lowest BCUT2D eigenvalue weighted by Crippen LogP contribution is -2.51. The van der Waals surface area contributed by atoms with Gasteiger partial charge >= 0.3 is 5.97 Å². The summed E-state index contributed by atoms with van der Waals surface area (Å²) in [7, 11) is 0. The van der Waals surface area contributed by atoms with E-state index in [1.807, 2.05) is 0 Å². The molecule has 6 heteroatoms. The predicted molar refractivity (Wildman–Crippen MR) is 51.3 cm³/mol. The number of fused-ring (bicyclic) bond motifs is 1. The van der Waals surface area contributed by atoms with Gasteiger partial charge in [-0.05, 0) is 0 Å². The topological polar surface area (TPSA) is 57.6 Å². The maximum Gasteiger partial charge on any atom is 0.321 e. The van der Waals surface area contributed by atoms with Crippen LogP contribution in [0.15, 0.2) is 11.1 Å². The van der Waals surface area contributed by atoms with E-state index in [1.165, 1.54) is 22.9 Å². The van der Waals surface area contributed by atoms with E-state index in [-0.39, 0.29) is 11.3 Å². The monoisotopic (exact) mass is 217 g/mol. The summed E-state index contributed by atoms with van der Waals surface area (Å²) >= 11 is 5.30. The standard InChI is InChI=1S/C7H7NO3S2/c9-4-1-5-8(4)2-3(12)6(13-5)7(10)11/h2,5-6,12H,1H2,(H,10,11)/t5-,6?/m1/s1. The summed E-state index contributed by atoms with van der Waals surface area (Å²) in [5, 5.41) is 8.18. The fourth-order valence-electron chi connectivity index (χ4n) is 1.29. The van der Waals surface area contributed by atoms with E-state index < -0.39 is 11.2 Å². The molecule has 1 unspecified atom stereocenters. The van der Waals surface area contributed by atoms with Crippen LogP contribution in [-0.4, -0.2) is 32.5 Å². The van der Waals surface area contributed by atoms with Crippen molar-refractivity contribution in [2.75, 3.05) is 0 Å². The number of β-lactam (4-membered cyclic amide) rings is 1. The highest BCUT2D eigenvalue weighted by Gasteiger charge is 2.43. The second kappa shape index (κ2) is 2.95. The molecule has 0 aromatic rings. The van der Waals surface area contributed by atoms with E-state index in [0.717, 1.165) is 0 Å². The molecule has 0 bridgehead atoms. The summed E-state index contributed by atoms with van der Waals surface area (Å²) in [6.07, 6.45) is 1.96. The Hall–Kier alpha value is -0.620. The molecule has 4 nitrogen and oxygen atoms in total. The van der Waals surface area contributed by atoms with Gasteiger partial charge in [-0.15, -0.1) is 24.4 Å². The van der Waals surface area contributed by atoms with Crippen LogP contribution in [0.25, 0.3) is 0 Å². The molecule has 0 radical (unpaired) electrons. The number of hydrogen-bond donors (Lipinski definition) is 2. The van der Waals surface area contributed by atoms with Crippen LogP contribution in [0.4, 0.5) is 0 Å². The summed E-state index contributed by atoms with van der Waals surface area (Å²) in [5.74, 6) is -0.863.